The van der Waals surface area contributed by atoms with Crippen molar-refractivity contribution in [2.75, 3.05) is 0 Å². The van der Waals surface area contributed by atoms with Gasteiger partial charge in [0.2, 0.25) is 0 Å². The number of aliphatic hydroxyl groups is 1. The molecule has 0 aliphatic heterocycles. The Morgan fingerprint density at radius 1 is 1.26 bits per heavy atom. The van der Waals surface area contributed by atoms with Crippen LogP contribution in [0.5, 0.6) is 0 Å². The topological polar surface area (TPSA) is 83.3 Å². The third-order valence-corrected chi connectivity index (χ3v) is 3.08. The van der Waals surface area contributed by atoms with Crippen LogP contribution in [-0.4, -0.2) is 26.2 Å². The standard InChI is InChI=1S/C14H14N2O3/c1-8-4-3-5-10(9(8)2)11-6-15-12(7-17)16-13(11)14(18)19/h3-6,17H,7H2,1-2H3,(H,18,19). The molecule has 0 aliphatic rings. The number of carboxylic acid groups (broad SMARTS) is 1. The van der Waals surface area contributed by atoms with Crippen molar-refractivity contribution in [1.29, 1.82) is 0 Å². The molecule has 0 atom stereocenters. The van der Waals surface area contributed by atoms with Crippen LogP contribution in [0.1, 0.15) is 27.4 Å². The third kappa shape index (κ3) is 2.46. The number of aliphatic hydroxyl groups excluding tert-OH is 1. The van der Waals surface area contributed by atoms with Gasteiger partial charge in [-0.3, -0.25) is 0 Å². The number of nitrogens with zero attached hydrogens (tertiary/aromatic N) is 2. The summed E-state index contributed by atoms with van der Waals surface area (Å²) in [6.45, 7) is 3.51. The minimum Gasteiger partial charge on any atom is -0.476 e. The molecule has 0 aliphatic carbocycles. The fraction of sp³-hybridized carbons (Fsp3) is 0.214. The zero-order valence-electron chi connectivity index (χ0n) is 10.7. The summed E-state index contributed by atoms with van der Waals surface area (Å²) >= 11 is 0. The Kier molecular flexibility index (Phi) is 3.57. The molecule has 1 aromatic heterocycles. The molecule has 0 fully saturated rings. The lowest BCUT2D eigenvalue weighted by Gasteiger charge is -2.11. The molecule has 0 bridgehead atoms. The van der Waals surface area contributed by atoms with E-state index < -0.39 is 5.97 Å². The highest BCUT2D eigenvalue weighted by molar-refractivity contribution is 5.94. The molecule has 5 nitrogen and oxygen atoms in total. The van der Waals surface area contributed by atoms with Crippen LogP contribution >= 0.6 is 0 Å². The predicted molar refractivity (Wildman–Crippen MR) is 69.8 cm³/mol. The first-order valence-electron chi connectivity index (χ1n) is 5.81. The fourth-order valence-corrected chi connectivity index (χ4v) is 1.90. The summed E-state index contributed by atoms with van der Waals surface area (Å²) in [5, 5.41) is 18.2. The molecule has 2 aromatic rings. The van der Waals surface area contributed by atoms with Gasteiger partial charge in [-0.05, 0) is 30.5 Å². The van der Waals surface area contributed by atoms with Gasteiger partial charge < -0.3 is 10.2 Å². The number of hydrogen-bond acceptors (Lipinski definition) is 4. The smallest absolute Gasteiger partial charge is 0.355 e. The second-order valence-corrected chi connectivity index (χ2v) is 4.26. The quantitative estimate of drug-likeness (QED) is 0.879. The van der Waals surface area contributed by atoms with Gasteiger partial charge in [-0.25, -0.2) is 14.8 Å². The van der Waals surface area contributed by atoms with Gasteiger partial charge >= 0.3 is 5.97 Å². The summed E-state index contributed by atoms with van der Waals surface area (Å²) in [5.41, 5.74) is 3.23. The van der Waals surface area contributed by atoms with Gasteiger partial charge in [-0.2, -0.15) is 0 Å². The van der Waals surface area contributed by atoms with Crippen molar-refractivity contribution in [2.24, 2.45) is 0 Å². The predicted octanol–water partition coefficient (Wildman–Crippen LogP) is 1.95. The van der Waals surface area contributed by atoms with E-state index in [0.717, 1.165) is 16.7 Å². The van der Waals surface area contributed by atoms with Crippen molar-refractivity contribution in [2.45, 2.75) is 20.5 Å². The number of hydrogen-bond donors (Lipinski definition) is 2. The number of benzene rings is 1. The normalized spacial score (nSPS) is 10.5. The van der Waals surface area contributed by atoms with Crippen LogP contribution in [0.15, 0.2) is 24.4 Å². The summed E-state index contributed by atoms with van der Waals surface area (Å²) in [7, 11) is 0. The zero-order chi connectivity index (χ0) is 14.0. The van der Waals surface area contributed by atoms with Crippen molar-refractivity contribution in [3.63, 3.8) is 0 Å². The highest BCUT2D eigenvalue weighted by Crippen LogP contribution is 2.27. The lowest BCUT2D eigenvalue weighted by molar-refractivity contribution is 0.0690. The highest BCUT2D eigenvalue weighted by atomic mass is 16.4. The van der Waals surface area contributed by atoms with E-state index in [1.807, 2.05) is 32.0 Å². The Bertz CT molecular complexity index is 639. The summed E-state index contributed by atoms with van der Waals surface area (Å²) in [6.07, 6.45) is 1.45. The Morgan fingerprint density at radius 3 is 2.63 bits per heavy atom. The minimum atomic E-state index is -1.13. The Balaban J connectivity index is 2.68. The maximum absolute atomic E-state index is 11.3. The van der Waals surface area contributed by atoms with Gasteiger partial charge in [0.15, 0.2) is 11.5 Å². The molecule has 19 heavy (non-hydrogen) atoms. The monoisotopic (exact) mass is 258 g/mol. The van der Waals surface area contributed by atoms with Crippen LogP contribution in [0.2, 0.25) is 0 Å². The second kappa shape index (κ2) is 5.16. The molecule has 0 spiro atoms. The second-order valence-electron chi connectivity index (χ2n) is 4.26. The fourth-order valence-electron chi connectivity index (χ4n) is 1.90. The molecule has 5 heteroatoms. The molecule has 0 saturated heterocycles. The molecule has 2 N–H and O–H groups in total. The third-order valence-electron chi connectivity index (χ3n) is 3.08. The largest absolute Gasteiger partial charge is 0.476 e. The first kappa shape index (κ1) is 13.2. The van der Waals surface area contributed by atoms with E-state index in [1.54, 1.807) is 0 Å². The van der Waals surface area contributed by atoms with Crippen LogP contribution in [0.25, 0.3) is 11.1 Å². The Labute approximate surface area is 110 Å². The van der Waals surface area contributed by atoms with Crippen LogP contribution in [0, 0.1) is 13.8 Å². The van der Waals surface area contributed by atoms with Gasteiger partial charge in [0.05, 0.1) is 0 Å². The number of carboxylic acids is 1. The molecular formula is C14H14N2O3. The van der Waals surface area contributed by atoms with Crippen molar-refractivity contribution in [3.05, 3.63) is 47.0 Å². The number of aromatic carboxylic acids is 1. The molecular weight excluding hydrogens is 244 g/mol. The van der Waals surface area contributed by atoms with Gasteiger partial charge in [0.25, 0.3) is 0 Å². The number of aryl methyl sites for hydroxylation is 1. The molecule has 0 radical (unpaired) electrons. The number of rotatable bonds is 3. The van der Waals surface area contributed by atoms with E-state index in [1.165, 1.54) is 6.20 Å². The Hall–Kier alpha value is -2.27. The zero-order valence-corrected chi connectivity index (χ0v) is 10.7. The van der Waals surface area contributed by atoms with Crippen LogP contribution in [-0.2, 0) is 6.61 Å². The van der Waals surface area contributed by atoms with Gasteiger partial charge in [-0.15, -0.1) is 0 Å². The van der Waals surface area contributed by atoms with E-state index in [4.69, 9.17) is 5.11 Å². The summed E-state index contributed by atoms with van der Waals surface area (Å²) in [6, 6.07) is 5.66. The molecule has 0 saturated carbocycles. The lowest BCUT2D eigenvalue weighted by atomic mass is 9.97. The molecule has 1 heterocycles. The Morgan fingerprint density at radius 2 is 2.00 bits per heavy atom. The molecule has 0 unspecified atom stereocenters. The lowest BCUT2D eigenvalue weighted by Crippen LogP contribution is -2.08. The van der Waals surface area contributed by atoms with E-state index in [9.17, 15) is 9.90 Å². The molecule has 1 aromatic carbocycles. The van der Waals surface area contributed by atoms with E-state index in [-0.39, 0.29) is 18.1 Å². The maximum atomic E-state index is 11.3. The van der Waals surface area contributed by atoms with Crippen LogP contribution < -0.4 is 0 Å². The van der Waals surface area contributed by atoms with E-state index in [2.05, 4.69) is 9.97 Å². The summed E-state index contributed by atoms with van der Waals surface area (Å²) in [5.74, 6) is -1.03. The van der Waals surface area contributed by atoms with Crippen molar-refractivity contribution in [1.82, 2.24) is 9.97 Å². The van der Waals surface area contributed by atoms with Gasteiger partial charge in [0, 0.05) is 11.8 Å². The highest BCUT2D eigenvalue weighted by Gasteiger charge is 2.17. The number of aromatic nitrogens is 2. The van der Waals surface area contributed by atoms with E-state index in [0.29, 0.717) is 5.56 Å². The maximum Gasteiger partial charge on any atom is 0.355 e. The minimum absolute atomic E-state index is 0.0900. The van der Waals surface area contributed by atoms with Crippen molar-refractivity contribution < 1.29 is 15.0 Å². The molecule has 98 valence electrons. The SMILES string of the molecule is Cc1cccc(-c2cnc(CO)nc2C(=O)O)c1C. The van der Waals surface area contributed by atoms with Gasteiger partial charge in [0.1, 0.15) is 6.61 Å². The first-order valence-corrected chi connectivity index (χ1v) is 5.81. The van der Waals surface area contributed by atoms with Crippen LogP contribution in [0.4, 0.5) is 0 Å². The van der Waals surface area contributed by atoms with Gasteiger partial charge in [-0.1, -0.05) is 18.2 Å². The average molecular weight is 258 g/mol. The number of carbonyl (C=O) groups is 1. The van der Waals surface area contributed by atoms with Crippen molar-refractivity contribution >= 4 is 5.97 Å². The van der Waals surface area contributed by atoms with Crippen molar-refractivity contribution in [3.8, 4) is 11.1 Å². The van der Waals surface area contributed by atoms with Crippen LogP contribution in [0.3, 0.4) is 0 Å². The molecule has 0 amide bonds. The summed E-state index contributed by atoms with van der Waals surface area (Å²) < 4.78 is 0. The average Bonchev–Trinajstić information content (AvgIpc) is 2.41. The molecule has 2 rings (SSSR count). The summed E-state index contributed by atoms with van der Waals surface area (Å²) in [4.78, 5) is 19.1. The first-order chi connectivity index (χ1) is 9.04. The van der Waals surface area contributed by atoms with E-state index >= 15 is 0 Å².